The summed E-state index contributed by atoms with van der Waals surface area (Å²) in [7, 11) is 0. The van der Waals surface area contributed by atoms with E-state index in [0.29, 0.717) is 18.5 Å². The van der Waals surface area contributed by atoms with Crippen molar-refractivity contribution in [3.63, 3.8) is 0 Å². The van der Waals surface area contributed by atoms with Gasteiger partial charge in [0.15, 0.2) is 0 Å². The lowest BCUT2D eigenvalue weighted by Crippen LogP contribution is -2.40. The maximum absolute atomic E-state index is 10.8. The van der Waals surface area contributed by atoms with Crippen molar-refractivity contribution >= 4 is 17.3 Å². The van der Waals surface area contributed by atoms with Gasteiger partial charge >= 0.3 is 0 Å². The Morgan fingerprint density at radius 1 is 1.67 bits per heavy atom. The minimum Gasteiger partial charge on any atom is -0.300 e. The highest BCUT2D eigenvalue weighted by Gasteiger charge is 2.47. The van der Waals surface area contributed by atoms with Gasteiger partial charge in [-0.05, 0) is 11.5 Å². The molecule has 1 aliphatic carbocycles. The summed E-state index contributed by atoms with van der Waals surface area (Å²) in [4.78, 5) is 10.8. The Balaban J connectivity index is 2.34. The number of nitrogens with zero attached hydrogens (tertiary/aromatic N) is 3. The molecule has 0 atom stereocenters. The van der Waals surface area contributed by atoms with E-state index in [1.165, 1.54) is 11.5 Å². The van der Waals surface area contributed by atoms with E-state index in [2.05, 4.69) is 15.7 Å². The van der Waals surface area contributed by atoms with Crippen molar-refractivity contribution in [2.75, 3.05) is 0 Å². The number of nitriles is 1. The highest BCUT2D eigenvalue weighted by atomic mass is 32.1. The molecule has 0 bridgehead atoms. The summed E-state index contributed by atoms with van der Waals surface area (Å²) in [6.07, 6.45) is 0.601. The van der Waals surface area contributed by atoms with Gasteiger partial charge in [0.05, 0.1) is 11.8 Å². The zero-order chi connectivity index (χ0) is 8.60. The molecule has 0 aromatic carbocycles. The van der Waals surface area contributed by atoms with Gasteiger partial charge in [-0.2, -0.15) is 5.26 Å². The van der Waals surface area contributed by atoms with E-state index in [1.807, 2.05) is 0 Å². The zero-order valence-electron chi connectivity index (χ0n) is 6.15. The van der Waals surface area contributed by atoms with Crippen LogP contribution >= 0.6 is 11.5 Å². The fourth-order valence-corrected chi connectivity index (χ4v) is 1.87. The van der Waals surface area contributed by atoms with Crippen molar-refractivity contribution in [2.24, 2.45) is 0 Å². The van der Waals surface area contributed by atoms with Crippen molar-refractivity contribution in [2.45, 2.75) is 18.3 Å². The van der Waals surface area contributed by atoms with Crippen LogP contribution in [0, 0.1) is 11.3 Å². The number of carbonyl (C=O) groups excluding carboxylic acids is 1. The van der Waals surface area contributed by atoms with Crippen molar-refractivity contribution < 1.29 is 4.79 Å². The van der Waals surface area contributed by atoms with Gasteiger partial charge in [-0.15, -0.1) is 5.10 Å². The molecule has 0 N–H and O–H groups in total. The second-order valence-electron chi connectivity index (χ2n) is 2.88. The first kappa shape index (κ1) is 7.37. The molecule has 1 aliphatic rings. The molecule has 60 valence electrons. The van der Waals surface area contributed by atoms with Crippen molar-refractivity contribution in [3.05, 3.63) is 11.1 Å². The predicted molar refractivity (Wildman–Crippen MR) is 41.4 cm³/mol. The van der Waals surface area contributed by atoms with Crippen LogP contribution in [0.1, 0.15) is 18.5 Å². The Morgan fingerprint density at radius 3 is 2.83 bits per heavy atom. The summed E-state index contributed by atoms with van der Waals surface area (Å²) < 4.78 is 3.67. The normalized spacial score (nSPS) is 19.8. The monoisotopic (exact) mass is 179 g/mol. The molecule has 0 spiro atoms. The van der Waals surface area contributed by atoms with Crippen LogP contribution in [0.2, 0.25) is 0 Å². The number of rotatable bonds is 1. The maximum Gasteiger partial charge on any atom is 0.136 e. The van der Waals surface area contributed by atoms with Gasteiger partial charge < -0.3 is 0 Å². The second kappa shape index (κ2) is 2.35. The Morgan fingerprint density at radius 2 is 2.42 bits per heavy atom. The average molecular weight is 179 g/mol. The number of hydrogen-bond donors (Lipinski definition) is 0. The van der Waals surface area contributed by atoms with Crippen LogP contribution in [-0.4, -0.2) is 15.4 Å². The van der Waals surface area contributed by atoms with E-state index >= 15 is 0 Å². The summed E-state index contributed by atoms with van der Waals surface area (Å²) in [6, 6.07) is 2.13. The standard InChI is InChI=1S/C7H5N3OS/c8-4-7(1-5(11)2-7)6-3-12-10-9-6/h3H,1-2H2. The van der Waals surface area contributed by atoms with Gasteiger partial charge in [-0.3, -0.25) is 4.79 Å². The van der Waals surface area contributed by atoms with Crippen molar-refractivity contribution in [1.29, 1.82) is 5.26 Å². The molecule has 0 aliphatic heterocycles. The van der Waals surface area contributed by atoms with Crippen LogP contribution in [0.3, 0.4) is 0 Å². The Kier molecular flexibility index (Phi) is 1.45. The maximum atomic E-state index is 10.8. The van der Waals surface area contributed by atoms with E-state index in [0.717, 1.165) is 0 Å². The molecule has 1 saturated carbocycles. The largest absolute Gasteiger partial charge is 0.300 e. The molecule has 0 saturated heterocycles. The topological polar surface area (TPSA) is 66.6 Å². The van der Waals surface area contributed by atoms with Crippen LogP contribution in [0.4, 0.5) is 0 Å². The molecule has 5 heteroatoms. The average Bonchev–Trinajstić information content (AvgIpc) is 2.50. The lowest BCUT2D eigenvalue weighted by atomic mass is 9.67. The van der Waals surface area contributed by atoms with E-state index in [-0.39, 0.29) is 5.78 Å². The molecule has 0 radical (unpaired) electrons. The summed E-state index contributed by atoms with van der Waals surface area (Å²) in [5, 5.41) is 14.4. The van der Waals surface area contributed by atoms with Crippen molar-refractivity contribution in [1.82, 2.24) is 9.59 Å². The molecule has 1 fully saturated rings. The van der Waals surface area contributed by atoms with Crippen LogP contribution in [0.5, 0.6) is 0 Å². The van der Waals surface area contributed by atoms with E-state index in [9.17, 15) is 4.79 Å². The molecule has 0 unspecified atom stereocenters. The van der Waals surface area contributed by atoms with Crippen LogP contribution in [0.15, 0.2) is 5.38 Å². The Hall–Kier alpha value is -1.28. The van der Waals surface area contributed by atoms with Crippen LogP contribution in [0.25, 0.3) is 0 Å². The Bertz CT molecular complexity index is 343. The first-order chi connectivity index (χ1) is 5.77. The number of ketones is 1. The van der Waals surface area contributed by atoms with Gasteiger partial charge in [0.2, 0.25) is 0 Å². The highest BCUT2D eigenvalue weighted by molar-refractivity contribution is 7.03. The molecule has 4 nitrogen and oxygen atoms in total. The first-order valence-corrected chi connectivity index (χ1v) is 4.31. The third-order valence-electron chi connectivity index (χ3n) is 2.06. The summed E-state index contributed by atoms with van der Waals surface area (Å²) in [6.45, 7) is 0. The van der Waals surface area contributed by atoms with E-state index in [1.54, 1.807) is 5.38 Å². The molecule has 12 heavy (non-hydrogen) atoms. The van der Waals surface area contributed by atoms with Crippen LogP contribution in [-0.2, 0) is 10.2 Å². The van der Waals surface area contributed by atoms with Gasteiger partial charge in [-0.1, -0.05) is 4.49 Å². The molecule has 1 heterocycles. The second-order valence-corrected chi connectivity index (χ2v) is 3.49. The quantitative estimate of drug-likeness (QED) is 0.635. The Labute approximate surface area is 73.0 Å². The van der Waals surface area contributed by atoms with E-state index < -0.39 is 5.41 Å². The number of aromatic nitrogens is 2. The molecule has 2 rings (SSSR count). The minimum absolute atomic E-state index is 0.129. The molecule has 1 aromatic heterocycles. The number of Topliss-reactive ketones (excluding diaryl/α,β-unsaturated/α-hetero) is 1. The fraction of sp³-hybridized carbons (Fsp3) is 0.429. The SMILES string of the molecule is N#CC1(c2csnn2)CC(=O)C1. The lowest BCUT2D eigenvalue weighted by Gasteiger charge is -2.31. The van der Waals surface area contributed by atoms with Crippen molar-refractivity contribution in [3.8, 4) is 6.07 Å². The smallest absolute Gasteiger partial charge is 0.136 e. The van der Waals surface area contributed by atoms with Gasteiger partial charge in [-0.25, -0.2) is 0 Å². The summed E-state index contributed by atoms with van der Waals surface area (Å²) in [5.41, 5.74) is -0.000949. The molecule has 0 amide bonds. The third-order valence-corrected chi connectivity index (χ3v) is 2.57. The number of carbonyl (C=O) groups is 1. The summed E-state index contributed by atoms with van der Waals surface area (Å²) >= 11 is 1.21. The van der Waals surface area contributed by atoms with Gasteiger partial charge in [0.25, 0.3) is 0 Å². The fourth-order valence-electron chi connectivity index (χ4n) is 1.31. The third kappa shape index (κ3) is 0.850. The van der Waals surface area contributed by atoms with E-state index in [4.69, 9.17) is 5.26 Å². The van der Waals surface area contributed by atoms with Gasteiger partial charge in [0, 0.05) is 18.2 Å². The molecular weight excluding hydrogens is 174 g/mol. The lowest BCUT2D eigenvalue weighted by molar-refractivity contribution is -0.126. The number of hydrogen-bond acceptors (Lipinski definition) is 5. The highest BCUT2D eigenvalue weighted by Crippen LogP contribution is 2.39. The zero-order valence-corrected chi connectivity index (χ0v) is 6.97. The van der Waals surface area contributed by atoms with Gasteiger partial charge in [0.1, 0.15) is 11.2 Å². The predicted octanol–water partition coefficient (Wildman–Crippen LogP) is 0.662. The molecule has 1 aromatic rings. The summed E-state index contributed by atoms with van der Waals surface area (Å²) in [5.74, 6) is 0.129. The minimum atomic E-state index is -0.649. The molecular formula is C7H5N3OS. The first-order valence-electron chi connectivity index (χ1n) is 3.47. The van der Waals surface area contributed by atoms with Crippen LogP contribution < -0.4 is 0 Å².